The second kappa shape index (κ2) is 6.47. The Morgan fingerprint density at radius 2 is 2.27 bits per heavy atom. The molecule has 0 rings (SSSR count). The van der Waals surface area contributed by atoms with Gasteiger partial charge in [0.2, 0.25) is 0 Å². The number of esters is 1. The second-order valence-corrected chi connectivity index (χ2v) is 3.00. The SMILES string of the molecule is CCC(C)CC(=O)OCCCl. The quantitative estimate of drug-likeness (QED) is 0.477. The molecule has 0 aromatic rings. The van der Waals surface area contributed by atoms with Crippen LogP contribution in [0.5, 0.6) is 0 Å². The van der Waals surface area contributed by atoms with Crippen molar-refractivity contribution < 1.29 is 9.53 Å². The third kappa shape index (κ3) is 6.17. The lowest BCUT2D eigenvalue weighted by atomic mass is 10.1. The summed E-state index contributed by atoms with van der Waals surface area (Å²) in [5.74, 6) is 0.657. The van der Waals surface area contributed by atoms with Gasteiger partial charge in [0.25, 0.3) is 0 Å². The molecule has 3 heteroatoms. The highest BCUT2D eigenvalue weighted by Gasteiger charge is 2.07. The van der Waals surface area contributed by atoms with E-state index in [0.717, 1.165) is 6.42 Å². The molecule has 0 bridgehead atoms. The van der Waals surface area contributed by atoms with Crippen LogP contribution in [-0.4, -0.2) is 18.5 Å². The van der Waals surface area contributed by atoms with E-state index >= 15 is 0 Å². The Labute approximate surface area is 72.9 Å². The molecular formula is C8H15ClO2. The summed E-state index contributed by atoms with van der Waals surface area (Å²) in [6, 6.07) is 0. The summed E-state index contributed by atoms with van der Waals surface area (Å²) in [5.41, 5.74) is 0. The number of hydrogen-bond donors (Lipinski definition) is 0. The van der Waals surface area contributed by atoms with Gasteiger partial charge in [-0.15, -0.1) is 11.6 Å². The van der Waals surface area contributed by atoms with E-state index < -0.39 is 0 Å². The van der Waals surface area contributed by atoms with E-state index in [1.165, 1.54) is 0 Å². The number of alkyl halides is 1. The van der Waals surface area contributed by atoms with Gasteiger partial charge in [-0.3, -0.25) is 4.79 Å². The molecule has 0 N–H and O–H groups in total. The van der Waals surface area contributed by atoms with Crippen LogP contribution in [0.2, 0.25) is 0 Å². The van der Waals surface area contributed by atoms with E-state index in [0.29, 0.717) is 24.8 Å². The van der Waals surface area contributed by atoms with Crippen molar-refractivity contribution in [1.82, 2.24) is 0 Å². The van der Waals surface area contributed by atoms with Gasteiger partial charge in [-0.1, -0.05) is 20.3 Å². The topological polar surface area (TPSA) is 26.3 Å². The van der Waals surface area contributed by atoms with Gasteiger partial charge < -0.3 is 4.74 Å². The molecule has 2 nitrogen and oxygen atoms in total. The van der Waals surface area contributed by atoms with E-state index in [9.17, 15) is 4.79 Å². The predicted octanol–water partition coefficient (Wildman–Crippen LogP) is 2.20. The number of rotatable bonds is 5. The molecule has 0 heterocycles. The van der Waals surface area contributed by atoms with Crippen LogP contribution in [0, 0.1) is 5.92 Å². The molecule has 0 spiro atoms. The van der Waals surface area contributed by atoms with E-state index in [2.05, 4.69) is 6.92 Å². The molecule has 0 saturated heterocycles. The highest BCUT2D eigenvalue weighted by atomic mass is 35.5. The van der Waals surface area contributed by atoms with E-state index in [1.807, 2.05) is 6.92 Å². The minimum absolute atomic E-state index is 0.139. The summed E-state index contributed by atoms with van der Waals surface area (Å²) in [7, 11) is 0. The van der Waals surface area contributed by atoms with Crippen LogP contribution in [0.15, 0.2) is 0 Å². The Hall–Kier alpha value is -0.240. The van der Waals surface area contributed by atoms with Crippen LogP contribution in [0.4, 0.5) is 0 Å². The zero-order valence-corrected chi connectivity index (χ0v) is 7.86. The van der Waals surface area contributed by atoms with Crippen LogP contribution in [0.25, 0.3) is 0 Å². The molecule has 0 aromatic carbocycles. The molecule has 0 aliphatic rings. The fourth-order valence-corrected chi connectivity index (χ4v) is 0.717. The lowest BCUT2D eigenvalue weighted by molar-refractivity contribution is -0.144. The summed E-state index contributed by atoms with van der Waals surface area (Å²) >= 11 is 5.34. The Balaban J connectivity index is 3.36. The molecule has 0 aromatic heterocycles. The molecule has 0 radical (unpaired) electrons. The number of halogens is 1. The fraction of sp³-hybridized carbons (Fsp3) is 0.875. The fourth-order valence-electron chi connectivity index (χ4n) is 0.640. The Morgan fingerprint density at radius 3 is 2.73 bits per heavy atom. The largest absolute Gasteiger partial charge is 0.464 e. The minimum atomic E-state index is -0.139. The van der Waals surface area contributed by atoms with E-state index in [1.54, 1.807) is 0 Å². The lowest BCUT2D eigenvalue weighted by Gasteiger charge is -2.06. The first kappa shape index (κ1) is 10.8. The molecule has 0 saturated carbocycles. The van der Waals surface area contributed by atoms with E-state index in [-0.39, 0.29) is 5.97 Å². The van der Waals surface area contributed by atoms with Crippen LogP contribution in [0.3, 0.4) is 0 Å². The number of ether oxygens (including phenoxy) is 1. The molecular weight excluding hydrogens is 164 g/mol. The maximum Gasteiger partial charge on any atom is 0.306 e. The van der Waals surface area contributed by atoms with Gasteiger partial charge in [0.05, 0.1) is 5.88 Å². The van der Waals surface area contributed by atoms with Crippen molar-refractivity contribution in [3.05, 3.63) is 0 Å². The molecule has 0 aliphatic heterocycles. The molecule has 66 valence electrons. The summed E-state index contributed by atoms with van der Waals surface area (Å²) in [5, 5.41) is 0. The molecule has 11 heavy (non-hydrogen) atoms. The smallest absolute Gasteiger partial charge is 0.306 e. The van der Waals surface area contributed by atoms with Crippen molar-refractivity contribution >= 4 is 17.6 Å². The van der Waals surface area contributed by atoms with Crippen LogP contribution in [-0.2, 0) is 9.53 Å². The maximum atomic E-state index is 10.9. The van der Waals surface area contributed by atoms with Gasteiger partial charge >= 0.3 is 5.97 Å². The first-order valence-electron chi connectivity index (χ1n) is 3.92. The summed E-state index contributed by atoms with van der Waals surface area (Å²) in [6.07, 6.45) is 1.52. The lowest BCUT2D eigenvalue weighted by Crippen LogP contribution is -2.10. The monoisotopic (exact) mass is 178 g/mol. The Kier molecular flexibility index (Phi) is 6.33. The van der Waals surface area contributed by atoms with Gasteiger partial charge in [0.1, 0.15) is 6.61 Å². The van der Waals surface area contributed by atoms with Crippen LogP contribution in [0.1, 0.15) is 26.7 Å². The van der Waals surface area contributed by atoms with Gasteiger partial charge in [-0.2, -0.15) is 0 Å². The first-order chi connectivity index (χ1) is 5.20. The zero-order valence-electron chi connectivity index (χ0n) is 7.10. The van der Waals surface area contributed by atoms with Gasteiger partial charge in [0.15, 0.2) is 0 Å². The molecule has 1 atom stereocenters. The average Bonchev–Trinajstić information content (AvgIpc) is 2.00. The maximum absolute atomic E-state index is 10.9. The predicted molar refractivity (Wildman–Crippen MR) is 45.8 cm³/mol. The van der Waals surface area contributed by atoms with Crippen molar-refractivity contribution in [1.29, 1.82) is 0 Å². The Morgan fingerprint density at radius 1 is 1.64 bits per heavy atom. The number of hydrogen-bond acceptors (Lipinski definition) is 2. The van der Waals surface area contributed by atoms with E-state index in [4.69, 9.17) is 16.3 Å². The van der Waals surface area contributed by atoms with Crippen molar-refractivity contribution in [2.45, 2.75) is 26.7 Å². The minimum Gasteiger partial charge on any atom is -0.464 e. The molecule has 0 aliphatic carbocycles. The summed E-state index contributed by atoms with van der Waals surface area (Å²) in [4.78, 5) is 10.9. The summed E-state index contributed by atoms with van der Waals surface area (Å²) in [6.45, 7) is 4.41. The Bertz CT molecular complexity index is 115. The average molecular weight is 179 g/mol. The molecule has 0 fully saturated rings. The molecule has 1 unspecified atom stereocenters. The zero-order chi connectivity index (χ0) is 8.69. The number of carbonyl (C=O) groups is 1. The van der Waals surface area contributed by atoms with Crippen LogP contribution < -0.4 is 0 Å². The molecule has 0 amide bonds. The summed E-state index contributed by atoms with van der Waals surface area (Å²) < 4.78 is 4.79. The van der Waals surface area contributed by atoms with Crippen molar-refractivity contribution in [2.75, 3.05) is 12.5 Å². The normalized spacial score (nSPS) is 12.6. The van der Waals surface area contributed by atoms with Crippen molar-refractivity contribution in [2.24, 2.45) is 5.92 Å². The van der Waals surface area contributed by atoms with Crippen LogP contribution >= 0.6 is 11.6 Å². The van der Waals surface area contributed by atoms with Gasteiger partial charge in [-0.25, -0.2) is 0 Å². The standard InChI is InChI=1S/C8H15ClO2/c1-3-7(2)6-8(10)11-5-4-9/h7H,3-6H2,1-2H3. The third-order valence-electron chi connectivity index (χ3n) is 1.55. The highest BCUT2D eigenvalue weighted by molar-refractivity contribution is 6.18. The van der Waals surface area contributed by atoms with Crippen molar-refractivity contribution in [3.8, 4) is 0 Å². The highest BCUT2D eigenvalue weighted by Crippen LogP contribution is 2.06. The van der Waals surface area contributed by atoms with Gasteiger partial charge in [0, 0.05) is 6.42 Å². The number of carbonyl (C=O) groups excluding carboxylic acids is 1. The van der Waals surface area contributed by atoms with Gasteiger partial charge in [-0.05, 0) is 5.92 Å². The van der Waals surface area contributed by atoms with Crippen molar-refractivity contribution in [3.63, 3.8) is 0 Å². The first-order valence-corrected chi connectivity index (χ1v) is 4.45. The third-order valence-corrected chi connectivity index (χ3v) is 1.71. The second-order valence-electron chi connectivity index (χ2n) is 2.63.